The van der Waals surface area contributed by atoms with Crippen LogP contribution in [0.3, 0.4) is 0 Å². The fourth-order valence-electron chi connectivity index (χ4n) is 3.24. The van der Waals surface area contributed by atoms with Crippen LogP contribution in [0.1, 0.15) is 50.7 Å². The van der Waals surface area contributed by atoms with Crippen LogP contribution in [0, 0.1) is 12.8 Å². The molecule has 1 saturated carbocycles. The Balaban J connectivity index is 0.00000420. The van der Waals surface area contributed by atoms with E-state index in [-0.39, 0.29) is 35.9 Å². The molecule has 166 valence electrons. The van der Waals surface area contributed by atoms with Crippen molar-refractivity contribution in [3.8, 4) is 0 Å². The summed E-state index contributed by atoms with van der Waals surface area (Å²) in [6, 6.07) is 0.292. The number of hydrogen-bond donors (Lipinski definition) is 2. The number of carbonyl (C=O) groups excluding carboxylic acids is 1. The lowest BCUT2D eigenvalue weighted by Crippen LogP contribution is -2.45. The molecule has 0 spiro atoms. The van der Waals surface area contributed by atoms with Crippen LogP contribution in [-0.4, -0.2) is 59.6 Å². The molecule has 0 bridgehead atoms. The van der Waals surface area contributed by atoms with E-state index in [1.807, 2.05) is 25.5 Å². The Kier molecular flexibility index (Phi) is 12.1. The van der Waals surface area contributed by atoms with Gasteiger partial charge in [-0.2, -0.15) is 0 Å². The number of guanidine groups is 1. The summed E-state index contributed by atoms with van der Waals surface area (Å²) in [6.07, 6.45) is 4.43. The minimum absolute atomic E-state index is 0. The summed E-state index contributed by atoms with van der Waals surface area (Å²) in [4.78, 5) is 16.6. The summed E-state index contributed by atoms with van der Waals surface area (Å²) in [6.45, 7) is 6.14. The summed E-state index contributed by atoms with van der Waals surface area (Å²) in [5.41, 5.74) is 0. The minimum atomic E-state index is -0.0646. The smallest absolute Gasteiger partial charge is 0.308 e. The quantitative estimate of drug-likeness (QED) is 0.168. The van der Waals surface area contributed by atoms with E-state index >= 15 is 0 Å². The van der Waals surface area contributed by atoms with Crippen LogP contribution < -0.4 is 10.6 Å². The van der Waals surface area contributed by atoms with Crippen molar-refractivity contribution in [3.05, 3.63) is 11.6 Å². The molecule has 0 atom stereocenters. The second-order valence-corrected chi connectivity index (χ2v) is 7.11. The van der Waals surface area contributed by atoms with E-state index in [1.165, 1.54) is 0 Å². The first kappa shape index (κ1) is 25.6. The monoisotopic (exact) mass is 522 g/mol. The predicted octanol–water partition coefficient (Wildman–Crippen LogP) is 1.94. The van der Waals surface area contributed by atoms with Crippen LogP contribution in [0.2, 0.25) is 0 Å². The topological polar surface area (TPSA) is 103 Å². The largest absolute Gasteiger partial charge is 0.466 e. The molecule has 0 unspecified atom stereocenters. The predicted molar refractivity (Wildman–Crippen MR) is 122 cm³/mol. The molecule has 1 aliphatic carbocycles. The van der Waals surface area contributed by atoms with Crippen molar-refractivity contribution in [3.63, 3.8) is 0 Å². The van der Waals surface area contributed by atoms with Crippen molar-refractivity contribution < 1.29 is 14.3 Å². The number of rotatable bonds is 9. The van der Waals surface area contributed by atoms with E-state index in [9.17, 15) is 4.79 Å². The molecular formula is C19H35IN6O3. The molecule has 0 aromatic carbocycles. The van der Waals surface area contributed by atoms with Gasteiger partial charge in [0.1, 0.15) is 12.4 Å². The molecule has 0 radical (unpaired) electrons. The number of nitrogens with zero attached hydrogens (tertiary/aromatic N) is 4. The highest BCUT2D eigenvalue weighted by Crippen LogP contribution is 2.25. The number of aryl methyl sites for hydroxylation is 1. The van der Waals surface area contributed by atoms with Gasteiger partial charge < -0.3 is 24.7 Å². The maximum Gasteiger partial charge on any atom is 0.308 e. The van der Waals surface area contributed by atoms with Gasteiger partial charge in [-0.1, -0.05) is 0 Å². The van der Waals surface area contributed by atoms with E-state index in [1.54, 1.807) is 7.11 Å². The van der Waals surface area contributed by atoms with Crippen molar-refractivity contribution in [2.45, 2.75) is 58.5 Å². The molecule has 29 heavy (non-hydrogen) atoms. The molecule has 2 rings (SSSR count). The molecule has 0 aliphatic heterocycles. The first-order valence-electron chi connectivity index (χ1n) is 10.1. The van der Waals surface area contributed by atoms with Crippen LogP contribution >= 0.6 is 24.0 Å². The van der Waals surface area contributed by atoms with Gasteiger partial charge >= 0.3 is 5.97 Å². The van der Waals surface area contributed by atoms with E-state index in [4.69, 9.17) is 9.47 Å². The van der Waals surface area contributed by atoms with Gasteiger partial charge in [-0.05, 0) is 46.0 Å². The lowest BCUT2D eigenvalue weighted by Gasteiger charge is -2.29. The van der Waals surface area contributed by atoms with Crippen LogP contribution in [-0.2, 0) is 27.9 Å². The number of esters is 1. The Morgan fingerprint density at radius 1 is 1.28 bits per heavy atom. The van der Waals surface area contributed by atoms with Crippen molar-refractivity contribution in [1.29, 1.82) is 0 Å². The van der Waals surface area contributed by atoms with E-state index in [0.717, 1.165) is 56.3 Å². The number of hydrogen-bond acceptors (Lipinski definition) is 6. The fourth-order valence-corrected chi connectivity index (χ4v) is 3.24. The van der Waals surface area contributed by atoms with Crippen molar-refractivity contribution in [2.75, 3.05) is 26.9 Å². The summed E-state index contributed by atoms with van der Waals surface area (Å²) in [5, 5.41) is 15.1. The van der Waals surface area contributed by atoms with Crippen LogP contribution in [0.15, 0.2) is 4.99 Å². The lowest BCUT2D eigenvalue weighted by molar-refractivity contribution is -0.149. The lowest BCUT2D eigenvalue weighted by atomic mass is 9.86. The zero-order valence-corrected chi connectivity index (χ0v) is 20.3. The Bertz CT molecular complexity index is 644. The summed E-state index contributed by atoms with van der Waals surface area (Å²) in [5.74, 6) is 2.41. The molecule has 0 amide bonds. The highest BCUT2D eigenvalue weighted by molar-refractivity contribution is 14.0. The van der Waals surface area contributed by atoms with Crippen LogP contribution in [0.5, 0.6) is 0 Å². The van der Waals surface area contributed by atoms with Gasteiger partial charge in [0.2, 0.25) is 0 Å². The number of nitrogens with one attached hydrogen (secondary N) is 2. The van der Waals surface area contributed by atoms with Gasteiger partial charge in [-0.3, -0.25) is 4.79 Å². The number of carbonyl (C=O) groups is 1. The van der Waals surface area contributed by atoms with Crippen LogP contribution in [0.25, 0.3) is 0 Å². The minimum Gasteiger partial charge on any atom is -0.466 e. The first-order chi connectivity index (χ1) is 13.5. The molecule has 1 fully saturated rings. The number of aromatic nitrogens is 3. The summed E-state index contributed by atoms with van der Waals surface area (Å²) in [7, 11) is 3.64. The zero-order valence-electron chi connectivity index (χ0n) is 17.9. The Hall–Kier alpha value is -1.43. The molecule has 9 nitrogen and oxygen atoms in total. The molecule has 2 N–H and O–H groups in total. The first-order valence-corrected chi connectivity index (χ1v) is 10.1. The number of aliphatic imine (C=N–C) groups is 1. The van der Waals surface area contributed by atoms with Gasteiger partial charge in [0, 0.05) is 33.4 Å². The molecule has 1 aromatic rings. The second kappa shape index (κ2) is 13.7. The van der Waals surface area contributed by atoms with E-state index < -0.39 is 0 Å². The second-order valence-electron chi connectivity index (χ2n) is 7.11. The van der Waals surface area contributed by atoms with Crippen molar-refractivity contribution >= 4 is 35.9 Å². The Morgan fingerprint density at radius 3 is 2.59 bits per heavy atom. The van der Waals surface area contributed by atoms with Gasteiger partial charge in [0.05, 0.1) is 12.5 Å². The highest BCUT2D eigenvalue weighted by Gasteiger charge is 2.27. The van der Waals surface area contributed by atoms with Gasteiger partial charge in [0.15, 0.2) is 11.8 Å². The SMILES string of the molecule is CCOC(=O)C1CCC(NC(=NCc2nnc(C)n2C)NCCCOC)CC1.I. The average Bonchev–Trinajstić information content (AvgIpc) is 3.02. The molecule has 1 aromatic heterocycles. The number of methoxy groups -OCH3 is 1. The molecule has 0 saturated heterocycles. The zero-order chi connectivity index (χ0) is 20.4. The average molecular weight is 522 g/mol. The van der Waals surface area contributed by atoms with Crippen molar-refractivity contribution in [2.24, 2.45) is 18.0 Å². The standard InChI is InChI=1S/C19H34N6O3.HI/c1-5-28-18(26)15-7-9-16(10-8-15)22-19(20-11-6-12-27-4)21-13-17-24-23-14(2)25(17)3;/h15-16H,5-13H2,1-4H3,(H2,20,21,22);1H. The maximum atomic E-state index is 11.9. The summed E-state index contributed by atoms with van der Waals surface area (Å²) >= 11 is 0. The summed E-state index contributed by atoms with van der Waals surface area (Å²) < 4.78 is 12.2. The van der Waals surface area contributed by atoms with Gasteiger partial charge in [-0.15, -0.1) is 34.2 Å². The maximum absolute atomic E-state index is 11.9. The van der Waals surface area contributed by atoms with Gasteiger partial charge in [-0.25, -0.2) is 4.99 Å². The normalized spacial score (nSPS) is 19.4. The fraction of sp³-hybridized carbons (Fsp3) is 0.789. The Labute approximate surface area is 190 Å². The Morgan fingerprint density at radius 2 is 2.00 bits per heavy atom. The third-order valence-electron chi connectivity index (χ3n) is 5.07. The third-order valence-corrected chi connectivity index (χ3v) is 5.07. The van der Waals surface area contributed by atoms with Gasteiger partial charge in [0.25, 0.3) is 0 Å². The third kappa shape index (κ3) is 8.45. The molecular weight excluding hydrogens is 487 g/mol. The highest BCUT2D eigenvalue weighted by atomic mass is 127. The van der Waals surface area contributed by atoms with E-state index in [2.05, 4.69) is 25.8 Å². The van der Waals surface area contributed by atoms with Crippen LogP contribution in [0.4, 0.5) is 0 Å². The molecule has 1 aliphatic rings. The van der Waals surface area contributed by atoms with E-state index in [0.29, 0.717) is 25.8 Å². The molecule has 1 heterocycles. The molecule has 10 heteroatoms. The number of ether oxygens (including phenoxy) is 2. The number of halogens is 1. The van der Waals surface area contributed by atoms with Crippen molar-refractivity contribution in [1.82, 2.24) is 25.4 Å².